The van der Waals surface area contributed by atoms with Crippen molar-refractivity contribution in [3.8, 4) is 0 Å². The summed E-state index contributed by atoms with van der Waals surface area (Å²) in [5, 5.41) is 15.3. The number of aromatic nitrogens is 1. The number of carbonyl (C=O) groups is 3. The molecule has 0 saturated heterocycles. The summed E-state index contributed by atoms with van der Waals surface area (Å²) in [6.45, 7) is 0. The normalized spacial score (nSPS) is 17.9. The van der Waals surface area contributed by atoms with Crippen LogP contribution in [0.15, 0.2) is 59.6 Å². The summed E-state index contributed by atoms with van der Waals surface area (Å²) in [5.41, 5.74) is 0.581. The predicted molar refractivity (Wildman–Crippen MR) is 117 cm³/mol. The van der Waals surface area contributed by atoms with E-state index in [1.807, 2.05) is 6.08 Å². The van der Waals surface area contributed by atoms with E-state index in [9.17, 15) is 19.5 Å². The van der Waals surface area contributed by atoms with E-state index in [1.54, 1.807) is 42.5 Å². The van der Waals surface area contributed by atoms with E-state index in [2.05, 4.69) is 15.6 Å². The van der Waals surface area contributed by atoms with Crippen LogP contribution in [-0.2, 0) is 14.4 Å². The number of nitrogens with one attached hydrogen (secondary N) is 2. The average Bonchev–Trinajstić information content (AvgIpc) is 2.75. The van der Waals surface area contributed by atoms with Gasteiger partial charge in [0, 0.05) is 16.8 Å². The Kier molecular flexibility index (Phi) is 7.48. The molecule has 1 aromatic heterocycles. The second-order valence-electron chi connectivity index (χ2n) is 6.71. The molecule has 30 heavy (non-hydrogen) atoms. The first-order valence-corrected chi connectivity index (χ1v) is 10.6. The third kappa shape index (κ3) is 6.08. The van der Waals surface area contributed by atoms with Gasteiger partial charge in [0.25, 0.3) is 0 Å². The van der Waals surface area contributed by atoms with Crippen molar-refractivity contribution in [3.05, 3.63) is 59.8 Å². The van der Waals surface area contributed by atoms with Crippen LogP contribution in [-0.4, -0.2) is 33.6 Å². The van der Waals surface area contributed by atoms with Gasteiger partial charge in [-0.25, -0.2) is 4.98 Å². The highest BCUT2D eigenvalue weighted by atomic mass is 35.5. The van der Waals surface area contributed by atoms with Crippen molar-refractivity contribution in [1.82, 2.24) is 4.98 Å². The van der Waals surface area contributed by atoms with E-state index in [4.69, 9.17) is 11.6 Å². The molecule has 0 bridgehead atoms. The third-order valence-electron chi connectivity index (χ3n) is 4.57. The van der Waals surface area contributed by atoms with Crippen molar-refractivity contribution in [2.75, 3.05) is 16.4 Å². The molecule has 9 heteroatoms. The fourth-order valence-electron chi connectivity index (χ4n) is 3.02. The summed E-state index contributed by atoms with van der Waals surface area (Å²) in [5.74, 6) is -2.13. The Hall–Kier alpha value is -2.84. The van der Waals surface area contributed by atoms with Crippen molar-refractivity contribution < 1.29 is 19.5 Å². The highest BCUT2D eigenvalue weighted by Crippen LogP contribution is 2.28. The minimum absolute atomic E-state index is 0.197. The summed E-state index contributed by atoms with van der Waals surface area (Å²) < 4.78 is 0. The molecule has 0 spiro atoms. The topological polar surface area (TPSA) is 108 Å². The molecule has 3 rings (SSSR count). The van der Waals surface area contributed by atoms with Crippen molar-refractivity contribution in [1.29, 1.82) is 0 Å². The van der Waals surface area contributed by atoms with E-state index in [-0.39, 0.29) is 17.6 Å². The number of thioether (sulfide) groups is 1. The molecule has 7 nitrogen and oxygen atoms in total. The molecule has 0 aliphatic heterocycles. The smallest absolute Gasteiger partial charge is 0.307 e. The monoisotopic (exact) mass is 445 g/mol. The number of halogens is 1. The molecule has 2 aromatic rings. The average molecular weight is 446 g/mol. The fraction of sp³-hybridized carbons (Fsp3) is 0.238. The zero-order valence-corrected chi connectivity index (χ0v) is 17.4. The maximum Gasteiger partial charge on any atom is 0.307 e. The van der Waals surface area contributed by atoms with Gasteiger partial charge < -0.3 is 15.7 Å². The molecule has 156 valence electrons. The predicted octanol–water partition coefficient (Wildman–Crippen LogP) is 4.07. The lowest BCUT2D eigenvalue weighted by Crippen LogP contribution is -2.34. The number of carboxylic acid groups (broad SMARTS) is 1. The lowest BCUT2D eigenvalue weighted by Gasteiger charge is -2.24. The molecule has 1 aliphatic carbocycles. The van der Waals surface area contributed by atoms with E-state index >= 15 is 0 Å². The van der Waals surface area contributed by atoms with Crippen molar-refractivity contribution in [3.63, 3.8) is 0 Å². The number of carboxylic acids is 1. The lowest BCUT2D eigenvalue weighted by atomic mass is 9.82. The SMILES string of the molecule is O=C(CSc1ccc(NC(=O)C2CC=CCC2C(=O)O)cc1)Nc1ccc(Cl)cn1. The lowest BCUT2D eigenvalue weighted by molar-refractivity contribution is -0.146. The molecule has 2 amide bonds. The molecule has 3 N–H and O–H groups in total. The van der Waals surface area contributed by atoms with Gasteiger partial charge in [-0.2, -0.15) is 0 Å². The van der Waals surface area contributed by atoms with Crippen LogP contribution in [0.3, 0.4) is 0 Å². The quantitative estimate of drug-likeness (QED) is 0.438. The molecule has 1 aromatic carbocycles. The Morgan fingerprint density at radius 2 is 1.73 bits per heavy atom. The number of pyridine rings is 1. The molecule has 0 fully saturated rings. The minimum atomic E-state index is -0.960. The highest BCUT2D eigenvalue weighted by Gasteiger charge is 2.33. The first kappa shape index (κ1) is 21.9. The van der Waals surface area contributed by atoms with Crippen LogP contribution in [0.4, 0.5) is 11.5 Å². The summed E-state index contributed by atoms with van der Waals surface area (Å²) in [6, 6.07) is 10.3. The largest absolute Gasteiger partial charge is 0.481 e. The van der Waals surface area contributed by atoms with Gasteiger partial charge in [-0.05, 0) is 49.2 Å². The van der Waals surface area contributed by atoms with Crippen LogP contribution in [0, 0.1) is 11.8 Å². The molecular weight excluding hydrogens is 426 g/mol. The molecule has 2 atom stereocenters. The van der Waals surface area contributed by atoms with Gasteiger partial charge in [-0.15, -0.1) is 11.8 Å². The molecule has 2 unspecified atom stereocenters. The Morgan fingerprint density at radius 3 is 2.37 bits per heavy atom. The van der Waals surface area contributed by atoms with Gasteiger partial charge in [0.05, 0.1) is 22.6 Å². The molecule has 1 aliphatic rings. The first-order valence-electron chi connectivity index (χ1n) is 9.25. The van der Waals surface area contributed by atoms with Crippen molar-refractivity contribution in [2.24, 2.45) is 11.8 Å². The standard InChI is InChI=1S/C21H20ClN3O4S/c22-13-5-10-18(23-11-13)25-19(26)12-30-15-8-6-14(7-9-15)24-20(27)16-3-1-2-4-17(16)21(28)29/h1-2,5-11,16-17H,3-4,12H2,(H,24,27)(H,28,29)(H,23,25,26). The van der Waals surface area contributed by atoms with Gasteiger partial charge in [-0.1, -0.05) is 23.8 Å². The Balaban J connectivity index is 1.50. The zero-order chi connectivity index (χ0) is 21.5. The van der Waals surface area contributed by atoms with Crippen LogP contribution in [0.5, 0.6) is 0 Å². The number of carbonyl (C=O) groups excluding carboxylic acids is 2. The van der Waals surface area contributed by atoms with Crippen LogP contribution >= 0.6 is 23.4 Å². The molecule has 0 saturated carbocycles. The number of allylic oxidation sites excluding steroid dienone is 2. The zero-order valence-electron chi connectivity index (χ0n) is 15.9. The van der Waals surface area contributed by atoms with Crippen LogP contribution in [0.25, 0.3) is 0 Å². The van der Waals surface area contributed by atoms with Gasteiger partial charge >= 0.3 is 5.97 Å². The number of hydrogen-bond acceptors (Lipinski definition) is 5. The Bertz CT molecular complexity index is 948. The van der Waals surface area contributed by atoms with Crippen molar-refractivity contribution in [2.45, 2.75) is 17.7 Å². The highest BCUT2D eigenvalue weighted by molar-refractivity contribution is 8.00. The number of aliphatic carboxylic acids is 1. The second kappa shape index (κ2) is 10.3. The summed E-state index contributed by atoms with van der Waals surface area (Å²) in [7, 11) is 0. The van der Waals surface area contributed by atoms with Gasteiger partial charge in [0.1, 0.15) is 5.82 Å². The molecular formula is C21H20ClN3O4S. The summed E-state index contributed by atoms with van der Waals surface area (Å²) in [6.07, 6.45) is 5.87. The number of amides is 2. The van der Waals surface area contributed by atoms with Gasteiger partial charge in [0.2, 0.25) is 11.8 Å². The van der Waals surface area contributed by atoms with Crippen LogP contribution in [0.2, 0.25) is 5.02 Å². The maximum atomic E-state index is 12.5. The Labute approximate surface area is 182 Å². The minimum Gasteiger partial charge on any atom is -0.481 e. The number of nitrogens with zero attached hydrogens (tertiary/aromatic N) is 1. The molecule has 0 radical (unpaired) electrons. The van der Waals surface area contributed by atoms with Crippen LogP contribution in [0.1, 0.15) is 12.8 Å². The second-order valence-corrected chi connectivity index (χ2v) is 8.19. The summed E-state index contributed by atoms with van der Waals surface area (Å²) in [4.78, 5) is 40.8. The first-order chi connectivity index (χ1) is 14.4. The van der Waals surface area contributed by atoms with E-state index < -0.39 is 17.8 Å². The number of rotatable bonds is 7. The number of hydrogen-bond donors (Lipinski definition) is 3. The van der Waals surface area contributed by atoms with Crippen molar-refractivity contribution >= 4 is 52.7 Å². The van der Waals surface area contributed by atoms with E-state index in [1.165, 1.54) is 18.0 Å². The molecule has 1 heterocycles. The number of benzene rings is 1. The van der Waals surface area contributed by atoms with Gasteiger partial charge in [0.15, 0.2) is 0 Å². The Morgan fingerprint density at radius 1 is 1.03 bits per heavy atom. The summed E-state index contributed by atoms with van der Waals surface area (Å²) >= 11 is 7.11. The van der Waals surface area contributed by atoms with E-state index in [0.29, 0.717) is 29.4 Å². The maximum absolute atomic E-state index is 12.5. The third-order valence-corrected chi connectivity index (χ3v) is 5.81. The van der Waals surface area contributed by atoms with Crippen LogP contribution < -0.4 is 10.6 Å². The number of anilines is 2. The fourth-order valence-corrected chi connectivity index (χ4v) is 3.83. The van der Waals surface area contributed by atoms with Gasteiger partial charge in [-0.3, -0.25) is 14.4 Å². The van der Waals surface area contributed by atoms with E-state index in [0.717, 1.165) is 4.90 Å².